The van der Waals surface area contributed by atoms with E-state index in [1.54, 1.807) is 31.4 Å². The summed E-state index contributed by atoms with van der Waals surface area (Å²) < 4.78 is 6.51. The SMILES string of the molecule is COc1ccc(C(=O)Cn2cnc3scc(-c4ccc(C(C)C)cc4)c3c2=O)cc1. The Labute approximate surface area is 178 Å². The third-order valence-electron chi connectivity index (χ3n) is 5.18. The van der Waals surface area contributed by atoms with Gasteiger partial charge in [0, 0.05) is 16.5 Å². The summed E-state index contributed by atoms with van der Waals surface area (Å²) >= 11 is 1.44. The summed E-state index contributed by atoms with van der Waals surface area (Å²) in [5.74, 6) is 0.971. The molecule has 0 aliphatic rings. The zero-order chi connectivity index (χ0) is 21.3. The monoisotopic (exact) mass is 418 g/mol. The lowest BCUT2D eigenvalue weighted by molar-refractivity contribution is 0.0970. The highest BCUT2D eigenvalue weighted by Crippen LogP contribution is 2.31. The van der Waals surface area contributed by atoms with Gasteiger partial charge in [0.2, 0.25) is 0 Å². The minimum atomic E-state index is -0.203. The van der Waals surface area contributed by atoms with Gasteiger partial charge in [0.05, 0.1) is 25.4 Å². The summed E-state index contributed by atoms with van der Waals surface area (Å²) in [6.07, 6.45) is 1.45. The molecule has 2 aromatic carbocycles. The Morgan fingerprint density at radius 2 is 1.80 bits per heavy atom. The number of nitrogens with zero attached hydrogens (tertiary/aromatic N) is 2. The number of ether oxygens (including phenoxy) is 1. The van der Waals surface area contributed by atoms with Crippen LogP contribution in [0.2, 0.25) is 0 Å². The van der Waals surface area contributed by atoms with Crippen LogP contribution in [-0.2, 0) is 6.54 Å². The van der Waals surface area contributed by atoms with E-state index in [9.17, 15) is 9.59 Å². The van der Waals surface area contributed by atoms with Crippen molar-refractivity contribution in [1.82, 2.24) is 9.55 Å². The van der Waals surface area contributed by atoms with Crippen molar-refractivity contribution in [2.75, 3.05) is 7.11 Å². The van der Waals surface area contributed by atoms with Crippen LogP contribution in [0.15, 0.2) is 65.0 Å². The molecule has 0 fully saturated rings. The molecule has 0 unspecified atom stereocenters. The third kappa shape index (κ3) is 3.78. The number of carbonyl (C=O) groups is 1. The van der Waals surface area contributed by atoms with Crippen LogP contribution in [0.25, 0.3) is 21.3 Å². The van der Waals surface area contributed by atoms with E-state index in [-0.39, 0.29) is 17.9 Å². The quantitative estimate of drug-likeness (QED) is 0.407. The molecular formula is C24H22N2O3S. The molecule has 0 saturated carbocycles. The number of fused-ring (bicyclic) bond motifs is 1. The smallest absolute Gasteiger partial charge is 0.263 e. The van der Waals surface area contributed by atoms with Gasteiger partial charge in [-0.25, -0.2) is 4.98 Å². The molecule has 4 rings (SSSR count). The number of hydrogen-bond donors (Lipinski definition) is 0. The molecule has 0 saturated heterocycles. The van der Waals surface area contributed by atoms with Gasteiger partial charge in [-0.05, 0) is 41.3 Å². The highest BCUT2D eigenvalue weighted by Gasteiger charge is 2.15. The van der Waals surface area contributed by atoms with E-state index in [4.69, 9.17) is 4.74 Å². The van der Waals surface area contributed by atoms with Crippen LogP contribution in [0.1, 0.15) is 35.7 Å². The molecule has 2 heterocycles. The predicted molar refractivity (Wildman–Crippen MR) is 121 cm³/mol. The first kappa shape index (κ1) is 20.0. The zero-order valence-electron chi connectivity index (χ0n) is 17.1. The number of benzene rings is 2. The maximum absolute atomic E-state index is 13.2. The molecule has 6 heteroatoms. The van der Waals surface area contributed by atoms with Crippen molar-refractivity contribution in [1.29, 1.82) is 0 Å². The van der Waals surface area contributed by atoms with Crippen LogP contribution in [0.5, 0.6) is 5.75 Å². The van der Waals surface area contributed by atoms with E-state index >= 15 is 0 Å². The second-order valence-corrected chi connectivity index (χ2v) is 8.29. The van der Waals surface area contributed by atoms with E-state index in [0.717, 1.165) is 11.1 Å². The molecule has 0 aliphatic carbocycles. The van der Waals surface area contributed by atoms with Crippen LogP contribution < -0.4 is 10.3 Å². The van der Waals surface area contributed by atoms with Crippen LogP contribution in [0.3, 0.4) is 0 Å². The molecule has 0 radical (unpaired) electrons. The molecule has 30 heavy (non-hydrogen) atoms. The Morgan fingerprint density at radius 3 is 2.43 bits per heavy atom. The van der Waals surface area contributed by atoms with Crippen LogP contribution in [-0.4, -0.2) is 22.4 Å². The third-order valence-corrected chi connectivity index (χ3v) is 6.06. The van der Waals surface area contributed by atoms with Gasteiger partial charge in [0.15, 0.2) is 5.78 Å². The molecule has 152 valence electrons. The fourth-order valence-corrected chi connectivity index (χ4v) is 4.27. The summed E-state index contributed by atoms with van der Waals surface area (Å²) in [5.41, 5.74) is 3.40. The van der Waals surface area contributed by atoms with E-state index in [1.807, 2.05) is 17.5 Å². The number of methoxy groups -OCH3 is 1. The Bertz CT molecular complexity index is 1250. The van der Waals surface area contributed by atoms with Gasteiger partial charge in [-0.3, -0.25) is 14.2 Å². The molecule has 4 aromatic rings. The summed E-state index contributed by atoms with van der Waals surface area (Å²) in [4.78, 5) is 30.9. The number of rotatable bonds is 6. The average molecular weight is 419 g/mol. The number of aromatic nitrogens is 2. The van der Waals surface area contributed by atoms with Gasteiger partial charge < -0.3 is 4.74 Å². The molecule has 0 atom stereocenters. The van der Waals surface area contributed by atoms with E-state index < -0.39 is 0 Å². The predicted octanol–water partition coefficient (Wildman–Crippen LogP) is 5.14. The first-order chi connectivity index (χ1) is 14.5. The van der Waals surface area contributed by atoms with Crippen molar-refractivity contribution >= 4 is 27.3 Å². The molecule has 0 spiro atoms. The van der Waals surface area contributed by atoms with Crippen molar-refractivity contribution in [3.05, 3.63) is 81.7 Å². The van der Waals surface area contributed by atoms with Gasteiger partial charge in [-0.15, -0.1) is 11.3 Å². The fourth-order valence-electron chi connectivity index (χ4n) is 3.36. The number of ketones is 1. The molecule has 0 amide bonds. The van der Waals surface area contributed by atoms with Gasteiger partial charge in [-0.1, -0.05) is 38.1 Å². The lowest BCUT2D eigenvalue weighted by Gasteiger charge is -2.08. The largest absolute Gasteiger partial charge is 0.497 e. The van der Waals surface area contributed by atoms with Gasteiger partial charge in [0.25, 0.3) is 5.56 Å². The second kappa shape index (κ2) is 8.24. The topological polar surface area (TPSA) is 61.2 Å². The number of hydrogen-bond acceptors (Lipinski definition) is 5. The fraction of sp³-hybridized carbons (Fsp3) is 0.208. The van der Waals surface area contributed by atoms with Crippen LogP contribution in [0.4, 0.5) is 0 Å². The molecular weight excluding hydrogens is 396 g/mol. The summed E-state index contributed by atoms with van der Waals surface area (Å²) in [5, 5.41) is 2.52. The molecule has 0 bridgehead atoms. The maximum atomic E-state index is 13.2. The number of Topliss-reactive ketones (excluding diaryl/α,β-unsaturated/α-hetero) is 1. The summed E-state index contributed by atoms with van der Waals surface area (Å²) in [6, 6.07) is 15.1. The molecule has 2 aromatic heterocycles. The standard InChI is InChI=1S/C24H22N2O3S/c1-15(2)16-4-6-17(7-5-16)20-13-30-23-22(20)24(28)26(14-25-23)12-21(27)18-8-10-19(29-3)11-9-18/h4-11,13-15H,12H2,1-3H3. The first-order valence-electron chi connectivity index (χ1n) is 9.72. The molecule has 0 N–H and O–H groups in total. The average Bonchev–Trinajstić information content (AvgIpc) is 3.20. The van der Waals surface area contributed by atoms with Crippen molar-refractivity contribution in [3.63, 3.8) is 0 Å². The van der Waals surface area contributed by atoms with Crippen molar-refractivity contribution in [2.45, 2.75) is 26.3 Å². The number of carbonyl (C=O) groups excluding carboxylic acids is 1. The van der Waals surface area contributed by atoms with Crippen molar-refractivity contribution in [2.24, 2.45) is 0 Å². The normalized spacial score (nSPS) is 11.2. The van der Waals surface area contributed by atoms with Gasteiger partial charge in [0.1, 0.15) is 10.6 Å². The molecule has 0 aliphatic heterocycles. The second-order valence-electron chi connectivity index (χ2n) is 7.44. The first-order valence-corrected chi connectivity index (χ1v) is 10.6. The lowest BCUT2D eigenvalue weighted by atomic mass is 9.99. The number of thiophene rings is 1. The van der Waals surface area contributed by atoms with Crippen LogP contribution in [0, 0.1) is 0 Å². The highest BCUT2D eigenvalue weighted by molar-refractivity contribution is 7.17. The zero-order valence-corrected chi connectivity index (χ0v) is 17.9. The summed E-state index contributed by atoms with van der Waals surface area (Å²) in [7, 11) is 1.58. The van der Waals surface area contributed by atoms with Crippen LogP contribution >= 0.6 is 11.3 Å². The summed E-state index contributed by atoms with van der Waals surface area (Å²) in [6.45, 7) is 4.24. The Balaban J connectivity index is 1.68. The Kier molecular flexibility index (Phi) is 5.50. The molecule has 5 nitrogen and oxygen atoms in total. The van der Waals surface area contributed by atoms with Gasteiger partial charge >= 0.3 is 0 Å². The van der Waals surface area contributed by atoms with Crippen molar-refractivity contribution < 1.29 is 9.53 Å². The minimum Gasteiger partial charge on any atom is -0.497 e. The highest BCUT2D eigenvalue weighted by atomic mass is 32.1. The Morgan fingerprint density at radius 1 is 1.10 bits per heavy atom. The lowest BCUT2D eigenvalue weighted by Crippen LogP contribution is -2.24. The van der Waals surface area contributed by atoms with Crippen molar-refractivity contribution in [3.8, 4) is 16.9 Å². The maximum Gasteiger partial charge on any atom is 0.263 e. The van der Waals surface area contributed by atoms with E-state index in [2.05, 4.69) is 31.0 Å². The van der Waals surface area contributed by atoms with E-state index in [1.165, 1.54) is 27.8 Å². The van der Waals surface area contributed by atoms with E-state index in [0.29, 0.717) is 27.4 Å². The minimum absolute atomic E-state index is 0.0598. The van der Waals surface area contributed by atoms with Gasteiger partial charge in [-0.2, -0.15) is 0 Å². The Hall–Kier alpha value is -3.25.